The van der Waals surface area contributed by atoms with Crippen molar-refractivity contribution in [3.63, 3.8) is 0 Å². The van der Waals surface area contributed by atoms with Crippen LogP contribution in [0.4, 0.5) is 5.82 Å². The maximum absolute atomic E-state index is 12.7. The van der Waals surface area contributed by atoms with E-state index in [1.807, 2.05) is 6.07 Å². The monoisotopic (exact) mass is 536 g/mol. The molecule has 0 aromatic carbocycles. The molecule has 5 rings (SSSR count). The van der Waals surface area contributed by atoms with Gasteiger partial charge >= 0.3 is 0 Å². The van der Waals surface area contributed by atoms with Crippen molar-refractivity contribution in [3.8, 4) is 11.6 Å². The van der Waals surface area contributed by atoms with Crippen LogP contribution in [0.25, 0.3) is 10.9 Å². The lowest BCUT2D eigenvalue weighted by atomic mass is 9.93. The summed E-state index contributed by atoms with van der Waals surface area (Å²) in [6.45, 7) is 2.74. The molecule has 1 saturated heterocycles. The number of hydrogen-bond donors (Lipinski definition) is 1. The third-order valence-corrected chi connectivity index (χ3v) is 6.77. The second kappa shape index (κ2) is 12.2. The van der Waals surface area contributed by atoms with Gasteiger partial charge in [-0.25, -0.2) is 19.9 Å². The molecule has 2 fully saturated rings. The number of carbonyl (C=O) groups is 2. The van der Waals surface area contributed by atoms with E-state index in [0.29, 0.717) is 24.8 Å². The molecule has 1 saturated carbocycles. The van der Waals surface area contributed by atoms with E-state index in [2.05, 4.69) is 30.2 Å². The first-order chi connectivity index (χ1) is 19.0. The van der Waals surface area contributed by atoms with Crippen molar-refractivity contribution < 1.29 is 23.8 Å². The van der Waals surface area contributed by atoms with Gasteiger partial charge in [-0.1, -0.05) is 0 Å². The van der Waals surface area contributed by atoms with Crippen molar-refractivity contribution >= 4 is 28.5 Å². The Morgan fingerprint density at radius 2 is 1.82 bits per heavy atom. The molecule has 0 atom stereocenters. The summed E-state index contributed by atoms with van der Waals surface area (Å²) in [5, 5.41) is 3.79. The molecule has 39 heavy (non-hydrogen) atoms. The number of pyridine rings is 1. The van der Waals surface area contributed by atoms with Gasteiger partial charge in [0.15, 0.2) is 12.4 Å². The Morgan fingerprint density at radius 3 is 2.54 bits per heavy atom. The molecule has 13 heteroatoms. The second-order valence-electron chi connectivity index (χ2n) is 9.72. The van der Waals surface area contributed by atoms with Crippen LogP contribution >= 0.6 is 0 Å². The van der Waals surface area contributed by atoms with E-state index >= 15 is 0 Å². The SMILES string of the molecule is CN(C)C(=O)COc1cnc(C(=O)NC2CCC(Oc3nc(N4CCOCC4)cc4ncncc34)CC2)nc1. The van der Waals surface area contributed by atoms with Gasteiger partial charge in [-0.2, -0.15) is 4.98 Å². The molecular weight excluding hydrogens is 504 g/mol. The number of anilines is 1. The van der Waals surface area contributed by atoms with E-state index in [9.17, 15) is 9.59 Å². The summed E-state index contributed by atoms with van der Waals surface area (Å²) in [5.74, 6) is 1.20. The zero-order chi connectivity index (χ0) is 27.2. The highest BCUT2D eigenvalue weighted by Crippen LogP contribution is 2.30. The number of aromatic nitrogens is 5. The van der Waals surface area contributed by atoms with E-state index in [1.54, 1.807) is 20.3 Å². The molecule has 1 N–H and O–H groups in total. The summed E-state index contributed by atoms with van der Waals surface area (Å²) in [7, 11) is 3.29. The molecule has 1 aliphatic heterocycles. The highest BCUT2D eigenvalue weighted by atomic mass is 16.5. The summed E-state index contributed by atoms with van der Waals surface area (Å²) in [5.41, 5.74) is 0.790. The molecule has 4 heterocycles. The number of morpholine rings is 1. The van der Waals surface area contributed by atoms with Gasteiger partial charge in [0, 0.05) is 45.5 Å². The Bertz CT molecular complexity index is 1290. The summed E-state index contributed by atoms with van der Waals surface area (Å²) >= 11 is 0. The molecule has 0 spiro atoms. The lowest BCUT2D eigenvalue weighted by Gasteiger charge is -2.30. The smallest absolute Gasteiger partial charge is 0.289 e. The summed E-state index contributed by atoms with van der Waals surface area (Å²) in [4.78, 5) is 49.5. The molecule has 2 amide bonds. The van der Waals surface area contributed by atoms with Gasteiger partial charge in [0.05, 0.1) is 36.5 Å². The number of carbonyl (C=O) groups excluding carboxylic acids is 2. The van der Waals surface area contributed by atoms with Crippen LogP contribution in [0.2, 0.25) is 0 Å². The van der Waals surface area contributed by atoms with Crippen LogP contribution < -0.4 is 19.7 Å². The minimum absolute atomic E-state index is 0.0117. The van der Waals surface area contributed by atoms with Crippen molar-refractivity contribution in [3.05, 3.63) is 36.8 Å². The summed E-state index contributed by atoms with van der Waals surface area (Å²) < 4.78 is 17.2. The van der Waals surface area contributed by atoms with Gasteiger partial charge in [-0.15, -0.1) is 0 Å². The Balaban J connectivity index is 1.15. The van der Waals surface area contributed by atoms with Crippen molar-refractivity contribution in [2.45, 2.75) is 37.8 Å². The first-order valence-corrected chi connectivity index (χ1v) is 13.0. The Hall–Kier alpha value is -4.13. The van der Waals surface area contributed by atoms with Crippen molar-refractivity contribution in [1.82, 2.24) is 35.1 Å². The number of rotatable bonds is 8. The predicted molar refractivity (Wildman–Crippen MR) is 141 cm³/mol. The highest BCUT2D eigenvalue weighted by Gasteiger charge is 2.26. The number of fused-ring (bicyclic) bond motifs is 1. The lowest BCUT2D eigenvalue weighted by molar-refractivity contribution is -0.130. The molecule has 3 aromatic heterocycles. The van der Waals surface area contributed by atoms with Crippen molar-refractivity contribution in [2.75, 3.05) is 51.9 Å². The fourth-order valence-corrected chi connectivity index (χ4v) is 4.50. The maximum atomic E-state index is 12.7. The minimum atomic E-state index is -0.349. The fraction of sp³-hybridized carbons (Fsp3) is 0.500. The molecule has 1 aliphatic carbocycles. The van der Waals surface area contributed by atoms with Crippen molar-refractivity contribution in [1.29, 1.82) is 0 Å². The zero-order valence-electron chi connectivity index (χ0n) is 22.1. The molecule has 2 aliphatic rings. The number of hydrogen-bond acceptors (Lipinski definition) is 11. The van der Waals surface area contributed by atoms with Crippen LogP contribution in [0.1, 0.15) is 36.3 Å². The van der Waals surface area contributed by atoms with Crippen molar-refractivity contribution in [2.24, 2.45) is 0 Å². The van der Waals surface area contributed by atoms with Gasteiger partial charge in [-0.05, 0) is 25.7 Å². The summed E-state index contributed by atoms with van der Waals surface area (Å²) in [6, 6.07) is 1.95. The van der Waals surface area contributed by atoms with Crippen LogP contribution in [0.3, 0.4) is 0 Å². The van der Waals surface area contributed by atoms with E-state index in [1.165, 1.54) is 23.6 Å². The normalized spacial score (nSPS) is 19.4. The standard InChI is InChI=1S/C26H32N8O5/c1-33(2)23(35)15-38-19-12-28-24(29-13-19)25(36)31-17-3-5-18(6-4-17)39-26-20-14-27-16-30-21(20)11-22(32-26)34-7-9-37-10-8-34/h11-14,16-18H,3-10,15H2,1-2H3,(H,31,36). The first kappa shape index (κ1) is 26.5. The fourth-order valence-electron chi connectivity index (χ4n) is 4.50. The zero-order valence-corrected chi connectivity index (χ0v) is 22.1. The highest BCUT2D eigenvalue weighted by molar-refractivity contribution is 5.90. The molecule has 3 aromatic rings. The minimum Gasteiger partial charge on any atom is -0.481 e. The average Bonchev–Trinajstić information content (AvgIpc) is 2.97. The van der Waals surface area contributed by atoms with Gasteiger partial charge < -0.3 is 29.3 Å². The molecule has 206 valence electrons. The quantitative estimate of drug-likeness (QED) is 0.444. The van der Waals surface area contributed by atoms with Gasteiger partial charge in [-0.3, -0.25) is 9.59 Å². The lowest BCUT2D eigenvalue weighted by Crippen LogP contribution is -2.40. The molecule has 0 radical (unpaired) electrons. The average molecular weight is 537 g/mol. The van der Waals surface area contributed by atoms with Crippen LogP contribution in [0.15, 0.2) is 31.0 Å². The maximum Gasteiger partial charge on any atom is 0.289 e. The molecule has 13 nitrogen and oxygen atoms in total. The van der Waals surface area contributed by atoms with E-state index < -0.39 is 0 Å². The molecule has 0 bridgehead atoms. The molecule has 0 unspecified atom stereocenters. The predicted octanol–water partition coefficient (Wildman–Crippen LogP) is 1.24. The summed E-state index contributed by atoms with van der Waals surface area (Å²) in [6.07, 6.45) is 9.03. The largest absolute Gasteiger partial charge is 0.481 e. The van der Waals surface area contributed by atoms with E-state index in [-0.39, 0.29) is 36.4 Å². The Kier molecular flexibility index (Phi) is 8.25. The second-order valence-corrected chi connectivity index (χ2v) is 9.72. The van der Waals surface area contributed by atoms with Crippen LogP contribution in [-0.2, 0) is 9.53 Å². The van der Waals surface area contributed by atoms with E-state index in [4.69, 9.17) is 19.2 Å². The molecular formula is C26H32N8O5. The third-order valence-electron chi connectivity index (χ3n) is 6.77. The van der Waals surface area contributed by atoms with E-state index in [0.717, 1.165) is 55.5 Å². The Morgan fingerprint density at radius 1 is 1.08 bits per heavy atom. The third kappa shape index (κ3) is 6.66. The van der Waals surface area contributed by atoms with Crippen LogP contribution in [0, 0.1) is 0 Å². The number of nitrogens with zero attached hydrogens (tertiary/aromatic N) is 7. The number of likely N-dealkylation sites (N-methyl/N-ethyl adjacent to an activating group) is 1. The topological polar surface area (TPSA) is 145 Å². The van der Waals surface area contributed by atoms with Gasteiger partial charge in [0.1, 0.15) is 18.2 Å². The van der Waals surface area contributed by atoms with Gasteiger partial charge in [0.2, 0.25) is 11.7 Å². The van der Waals surface area contributed by atoms with Gasteiger partial charge in [0.25, 0.3) is 11.8 Å². The Labute approximate surface area is 225 Å². The number of ether oxygens (including phenoxy) is 3. The number of nitrogens with one attached hydrogen (secondary N) is 1. The van der Waals surface area contributed by atoms with Crippen LogP contribution in [0.5, 0.6) is 11.6 Å². The van der Waals surface area contributed by atoms with Crippen LogP contribution in [-0.4, -0.2) is 101 Å². The number of amides is 2. The first-order valence-electron chi connectivity index (χ1n) is 13.0.